The molecule has 2 amide bonds. The third kappa shape index (κ3) is 3.89. The second-order valence-corrected chi connectivity index (χ2v) is 6.64. The van der Waals surface area contributed by atoms with Crippen molar-refractivity contribution in [3.63, 3.8) is 0 Å². The maximum atomic E-state index is 15.0. The fourth-order valence-corrected chi connectivity index (χ4v) is 3.21. The highest BCUT2D eigenvalue weighted by molar-refractivity contribution is 6.11. The van der Waals surface area contributed by atoms with E-state index in [0.29, 0.717) is 6.07 Å². The zero-order valence-corrected chi connectivity index (χ0v) is 15.5. The van der Waals surface area contributed by atoms with Crippen LogP contribution in [0.15, 0.2) is 64.6 Å². The van der Waals surface area contributed by atoms with Crippen molar-refractivity contribution in [3.8, 4) is 0 Å². The Hall–Kier alpha value is -4.02. The zero-order valence-electron chi connectivity index (χ0n) is 15.5. The van der Waals surface area contributed by atoms with Gasteiger partial charge in [0.1, 0.15) is 12.0 Å². The predicted molar refractivity (Wildman–Crippen MR) is 102 cm³/mol. The number of Topliss-reactive ketones (excluding diaryl/α,β-unsaturated/α-hetero) is 1. The Morgan fingerprint density at radius 2 is 1.84 bits per heavy atom. The molecule has 0 aromatic heterocycles. The summed E-state index contributed by atoms with van der Waals surface area (Å²) in [6.45, 7) is 0. The van der Waals surface area contributed by atoms with Gasteiger partial charge in [-0.1, -0.05) is 12.1 Å². The van der Waals surface area contributed by atoms with Crippen molar-refractivity contribution in [2.45, 2.75) is 6.17 Å². The number of benzene rings is 2. The van der Waals surface area contributed by atoms with E-state index >= 15 is 0 Å². The van der Waals surface area contributed by atoms with E-state index in [4.69, 9.17) is 0 Å². The van der Waals surface area contributed by atoms with Crippen molar-refractivity contribution in [3.05, 3.63) is 83.2 Å². The Bertz CT molecular complexity index is 1180. The lowest BCUT2D eigenvalue weighted by atomic mass is 9.91. The van der Waals surface area contributed by atoms with Gasteiger partial charge in [-0.15, -0.1) is 0 Å². The molecule has 0 radical (unpaired) electrons. The Balaban J connectivity index is 1.61. The molecule has 0 bridgehead atoms. The van der Waals surface area contributed by atoms with Gasteiger partial charge in [-0.2, -0.15) is 10.2 Å². The lowest BCUT2D eigenvalue weighted by molar-refractivity contribution is 0.101. The highest BCUT2D eigenvalue weighted by atomic mass is 19.2. The number of halogens is 4. The van der Waals surface area contributed by atoms with Crippen molar-refractivity contribution >= 4 is 23.2 Å². The van der Waals surface area contributed by atoms with Crippen LogP contribution < -0.4 is 16.0 Å². The van der Waals surface area contributed by atoms with Crippen molar-refractivity contribution in [2.75, 3.05) is 10.6 Å². The minimum atomic E-state index is -1.69. The number of hydrogen-bond acceptors (Lipinski definition) is 5. The van der Waals surface area contributed by atoms with Gasteiger partial charge in [0.05, 0.1) is 17.2 Å². The van der Waals surface area contributed by atoms with E-state index in [0.717, 1.165) is 12.1 Å². The first-order valence-corrected chi connectivity index (χ1v) is 8.93. The summed E-state index contributed by atoms with van der Waals surface area (Å²) in [5.41, 5.74) is -1.93. The molecule has 0 saturated carbocycles. The van der Waals surface area contributed by atoms with Crippen LogP contribution in [0.5, 0.6) is 0 Å². The Morgan fingerprint density at radius 1 is 1.03 bits per heavy atom. The summed E-state index contributed by atoms with van der Waals surface area (Å²) >= 11 is 0. The zero-order chi connectivity index (χ0) is 22.1. The van der Waals surface area contributed by atoms with E-state index < -0.39 is 58.4 Å². The first-order valence-electron chi connectivity index (χ1n) is 8.93. The molecular weight excluding hydrogens is 418 g/mol. The lowest BCUT2D eigenvalue weighted by Gasteiger charge is -2.17. The van der Waals surface area contributed by atoms with Crippen molar-refractivity contribution in [2.24, 2.45) is 16.1 Å². The first-order chi connectivity index (χ1) is 14.8. The summed E-state index contributed by atoms with van der Waals surface area (Å²) in [7, 11) is 0. The number of rotatable bonds is 4. The van der Waals surface area contributed by atoms with Crippen LogP contribution in [0.1, 0.15) is 10.4 Å². The number of urea groups is 1. The molecule has 2 aromatic rings. The second-order valence-electron chi connectivity index (χ2n) is 6.64. The minimum Gasteiger partial charge on any atom is -0.367 e. The Kier molecular flexibility index (Phi) is 5.24. The van der Waals surface area contributed by atoms with Gasteiger partial charge in [0.15, 0.2) is 23.2 Å². The summed E-state index contributed by atoms with van der Waals surface area (Å²) in [5, 5.41) is 14.5. The monoisotopic (exact) mass is 431 g/mol. The molecule has 2 unspecified atom stereocenters. The Morgan fingerprint density at radius 3 is 2.61 bits per heavy atom. The van der Waals surface area contributed by atoms with Gasteiger partial charge < -0.3 is 16.0 Å². The standard InChI is InChI=1S/C20H13F4N5O2/c21-9-2-1-3-10(6-9)27-20(31)28-14-7-13(22)16(23)15(17(14)24)18(30)12-8-25-19-11(12)4-5-26-29-19/h1-8,11,19,25H,(H2,27,28,31). The molecule has 2 aromatic carbocycles. The highest BCUT2D eigenvalue weighted by Crippen LogP contribution is 2.33. The number of hydrogen-bond donors (Lipinski definition) is 3. The molecule has 0 fully saturated rings. The molecule has 0 aliphatic carbocycles. The van der Waals surface area contributed by atoms with E-state index in [1.165, 1.54) is 30.6 Å². The fourth-order valence-electron chi connectivity index (χ4n) is 3.21. The maximum Gasteiger partial charge on any atom is 0.323 e. The van der Waals surface area contributed by atoms with Crippen LogP contribution in [-0.2, 0) is 0 Å². The second kappa shape index (κ2) is 8.01. The molecule has 4 rings (SSSR count). The quantitative estimate of drug-likeness (QED) is 0.379. The molecule has 158 valence electrons. The molecule has 3 N–H and O–H groups in total. The average molecular weight is 431 g/mol. The number of amides is 2. The lowest BCUT2D eigenvalue weighted by Crippen LogP contribution is -2.27. The van der Waals surface area contributed by atoms with Crippen molar-refractivity contribution in [1.29, 1.82) is 0 Å². The molecule has 31 heavy (non-hydrogen) atoms. The normalized spacial score (nSPS) is 18.8. The number of nitrogens with zero attached hydrogens (tertiary/aromatic N) is 2. The topological polar surface area (TPSA) is 95.0 Å². The molecule has 2 aliphatic rings. The van der Waals surface area contributed by atoms with E-state index in [1.807, 2.05) is 5.32 Å². The largest absolute Gasteiger partial charge is 0.367 e. The number of carbonyl (C=O) groups is 2. The number of carbonyl (C=O) groups excluding carboxylic acids is 2. The van der Waals surface area contributed by atoms with Gasteiger partial charge in [0.2, 0.25) is 0 Å². The number of nitrogens with one attached hydrogen (secondary N) is 3. The van der Waals surface area contributed by atoms with Crippen molar-refractivity contribution in [1.82, 2.24) is 5.32 Å². The van der Waals surface area contributed by atoms with Crippen LogP contribution in [0.3, 0.4) is 0 Å². The summed E-state index contributed by atoms with van der Waals surface area (Å²) in [4.78, 5) is 24.9. The van der Waals surface area contributed by atoms with Gasteiger partial charge in [0.25, 0.3) is 0 Å². The number of fused-ring (bicyclic) bond motifs is 1. The molecule has 0 saturated heterocycles. The molecule has 2 heterocycles. The van der Waals surface area contributed by atoms with E-state index in [1.54, 1.807) is 0 Å². The molecule has 11 heteroatoms. The Labute approximate surface area is 172 Å². The molecular formula is C20H13F4N5O2. The van der Waals surface area contributed by atoms with E-state index in [-0.39, 0.29) is 11.3 Å². The van der Waals surface area contributed by atoms with Crippen LogP contribution in [0, 0.1) is 29.2 Å². The molecule has 0 spiro atoms. The summed E-state index contributed by atoms with van der Waals surface area (Å²) in [6.07, 6.45) is 3.47. The molecule has 2 atom stereocenters. The van der Waals surface area contributed by atoms with Crippen LogP contribution in [0.4, 0.5) is 33.7 Å². The van der Waals surface area contributed by atoms with E-state index in [2.05, 4.69) is 20.9 Å². The smallest absolute Gasteiger partial charge is 0.323 e. The number of anilines is 2. The number of ketones is 1. The SMILES string of the molecule is O=C(Nc1cccc(F)c1)Nc1cc(F)c(F)c(C(=O)C2=CNC3N=NC=CC23)c1F. The predicted octanol–water partition coefficient (Wildman–Crippen LogP) is 4.48. The van der Waals surface area contributed by atoms with Crippen LogP contribution in [0.25, 0.3) is 0 Å². The third-order valence-corrected chi connectivity index (χ3v) is 4.64. The summed E-state index contributed by atoms with van der Waals surface area (Å²) in [6, 6.07) is 4.20. The molecule has 2 aliphatic heterocycles. The maximum absolute atomic E-state index is 15.0. The fraction of sp³-hybridized carbons (Fsp3) is 0.100. The highest BCUT2D eigenvalue weighted by Gasteiger charge is 2.36. The van der Waals surface area contributed by atoms with E-state index in [9.17, 15) is 27.2 Å². The van der Waals surface area contributed by atoms with Gasteiger partial charge in [-0.3, -0.25) is 4.79 Å². The first kappa shape index (κ1) is 20.3. The van der Waals surface area contributed by atoms with Crippen molar-refractivity contribution < 1.29 is 27.2 Å². The van der Waals surface area contributed by atoms with Gasteiger partial charge >= 0.3 is 6.03 Å². The summed E-state index contributed by atoms with van der Waals surface area (Å²) in [5.74, 6) is -7.05. The number of azo groups is 1. The van der Waals surface area contributed by atoms with Crippen LogP contribution in [-0.4, -0.2) is 18.0 Å². The summed E-state index contributed by atoms with van der Waals surface area (Å²) < 4.78 is 56.7. The minimum absolute atomic E-state index is 0.0431. The van der Waals surface area contributed by atoms with Gasteiger partial charge in [0, 0.05) is 29.7 Å². The molecule has 7 nitrogen and oxygen atoms in total. The van der Waals surface area contributed by atoms with Gasteiger partial charge in [-0.05, 0) is 18.2 Å². The van der Waals surface area contributed by atoms with Crippen LogP contribution >= 0.6 is 0 Å². The average Bonchev–Trinajstić information content (AvgIpc) is 3.16. The van der Waals surface area contributed by atoms with Crippen LogP contribution in [0.2, 0.25) is 0 Å². The third-order valence-electron chi connectivity index (χ3n) is 4.64. The van der Waals surface area contributed by atoms with Gasteiger partial charge in [-0.25, -0.2) is 22.4 Å².